The minimum absolute atomic E-state index is 0.0946. The van der Waals surface area contributed by atoms with Crippen LogP contribution in [0.2, 0.25) is 0 Å². The third kappa shape index (κ3) is 4.33. The Morgan fingerprint density at radius 2 is 1.60 bits per heavy atom. The SMILES string of the molecule is Cc1ccc(/C=C2/CNCC3=C2N=C2SC=C(c4ccc(Br)cc4)N2C3c2ccc(C)cc2)cc1. The first-order valence-corrected chi connectivity index (χ1v) is 13.5. The number of rotatable bonds is 3. The molecular formula is C30H26BrN3S. The van der Waals surface area contributed by atoms with Gasteiger partial charge in [0.15, 0.2) is 5.17 Å². The molecule has 0 saturated heterocycles. The predicted octanol–water partition coefficient (Wildman–Crippen LogP) is 7.46. The first-order valence-electron chi connectivity index (χ1n) is 11.9. The molecule has 3 aliphatic heterocycles. The van der Waals surface area contributed by atoms with E-state index in [2.05, 4.69) is 124 Å². The molecule has 174 valence electrons. The Hall–Kier alpha value is -2.86. The molecule has 0 spiro atoms. The van der Waals surface area contributed by atoms with E-state index in [9.17, 15) is 0 Å². The van der Waals surface area contributed by atoms with Gasteiger partial charge in [-0.15, -0.1) is 0 Å². The minimum atomic E-state index is 0.0946. The second kappa shape index (κ2) is 9.30. The van der Waals surface area contributed by atoms with E-state index < -0.39 is 0 Å². The Bertz CT molecular complexity index is 1400. The fourth-order valence-corrected chi connectivity index (χ4v) is 6.08. The third-order valence-corrected chi connectivity index (χ3v) is 8.10. The summed E-state index contributed by atoms with van der Waals surface area (Å²) in [7, 11) is 0. The summed E-state index contributed by atoms with van der Waals surface area (Å²) in [6.45, 7) is 5.92. The van der Waals surface area contributed by atoms with Gasteiger partial charge in [0.25, 0.3) is 0 Å². The van der Waals surface area contributed by atoms with Gasteiger partial charge in [0, 0.05) is 23.0 Å². The number of amidine groups is 1. The maximum atomic E-state index is 5.26. The number of hydrogen-bond acceptors (Lipinski definition) is 4. The van der Waals surface area contributed by atoms with Crippen LogP contribution >= 0.6 is 27.7 Å². The van der Waals surface area contributed by atoms with Crippen LogP contribution in [0, 0.1) is 13.8 Å². The number of benzene rings is 3. The Kier molecular flexibility index (Phi) is 6.01. The van der Waals surface area contributed by atoms with Gasteiger partial charge in [0.05, 0.1) is 17.4 Å². The van der Waals surface area contributed by atoms with Gasteiger partial charge in [0.2, 0.25) is 0 Å². The van der Waals surface area contributed by atoms with Gasteiger partial charge < -0.3 is 10.2 Å². The van der Waals surface area contributed by atoms with Crippen molar-refractivity contribution in [1.29, 1.82) is 0 Å². The molecule has 35 heavy (non-hydrogen) atoms. The number of thioether (sulfide) groups is 1. The highest BCUT2D eigenvalue weighted by atomic mass is 79.9. The third-order valence-electron chi connectivity index (χ3n) is 6.73. The number of halogens is 1. The van der Waals surface area contributed by atoms with Crippen LogP contribution in [-0.2, 0) is 0 Å². The molecule has 0 aromatic heterocycles. The highest BCUT2D eigenvalue weighted by Crippen LogP contribution is 2.48. The Morgan fingerprint density at radius 3 is 2.31 bits per heavy atom. The quantitative estimate of drug-likeness (QED) is 0.374. The first kappa shape index (κ1) is 22.6. The van der Waals surface area contributed by atoms with E-state index in [1.165, 1.54) is 44.7 Å². The Labute approximate surface area is 219 Å². The van der Waals surface area contributed by atoms with E-state index in [4.69, 9.17) is 4.99 Å². The molecular weight excluding hydrogens is 514 g/mol. The van der Waals surface area contributed by atoms with Crippen molar-refractivity contribution in [3.05, 3.63) is 127 Å². The summed E-state index contributed by atoms with van der Waals surface area (Å²) < 4.78 is 1.09. The fraction of sp³-hybridized carbons (Fsp3) is 0.167. The lowest BCUT2D eigenvalue weighted by Gasteiger charge is -2.40. The van der Waals surface area contributed by atoms with Gasteiger partial charge in [-0.25, -0.2) is 4.99 Å². The summed E-state index contributed by atoms with van der Waals surface area (Å²) in [5, 5.41) is 6.96. The van der Waals surface area contributed by atoms with E-state index in [-0.39, 0.29) is 6.04 Å². The Balaban J connectivity index is 1.48. The van der Waals surface area contributed by atoms with Crippen LogP contribution in [-0.4, -0.2) is 23.2 Å². The molecule has 0 saturated carbocycles. The lowest BCUT2D eigenvalue weighted by atomic mass is 9.88. The molecule has 1 unspecified atom stereocenters. The lowest BCUT2D eigenvalue weighted by molar-refractivity contribution is 0.462. The van der Waals surface area contributed by atoms with E-state index in [0.29, 0.717) is 0 Å². The second-order valence-electron chi connectivity index (χ2n) is 9.26. The highest BCUT2D eigenvalue weighted by Gasteiger charge is 2.40. The molecule has 3 aliphatic rings. The summed E-state index contributed by atoms with van der Waals surface area (Å²) in [6, 6.07) is 26.4. The predicted molar refractivity (Wildman–Crippen MR) is 152 cm³/mol. The van der Waals surface area contributed by atoms with Gasteiger partial charge >= 0.3 is 0 Å². The molecule has 3 aromatic rings. The number of aliphatic imine (C=N–C) groups is 1. The van der Waals surface area contributed by atoms with E-state index in [1.54, 1.807) is 11.8 Å². The van der Waals surface area contributed by atoms with E-state index in [1.807, 2.05) is 0 Å². The standard InChI is InChI=1S/C30H26BrN3S/c1-19-3-7-21(8-4-19)15-24-16-32-17-26-28(24)33-30-34(29(26)23-9-5-20(2)6-10-23)27(18-35-30)22-11-13-25(31)14-12-22/h3-15,18,29,32H,16-17H2,1-2H3/b24-15-. The first-order chi connectivity index (χ1) is 17.1. The Morgan fingerprint density at radius 1 is 0.914 bits per heavy atom. The average molecular weight is 541 g/mol. The molecule has 6 rings (SSSR count). The topological polar surface area (TPSA) is 27.6 Å². The maximum absolute atomic E-state index is 5.26. The summed E-state index contributed by atoms with van der Waals surface area (Å²) in [6.07, 6.45) is 2.29. The molecule has 0 aliphatic carbocycles. The molecule has 0 bridgehead atoms. The van der Waals surface area contributed by atoms with Crippen molar-refractivity contribution in [2.24, 2.45) is 4.99 Å². The lowest BCUT2D eigenvalue weighted by Crippen LogP contribution is -2.40. The van der Waals surface area contributed by atoms with Crippen molar-refractivity contribution in [3.63, 3.8) is 0 Å². The van der Waals surface area contributed by atoms with E-state index >= 15 is 0 Å². The molecule has 1 N–H and O–H groups in total. The van der Waals surface area contributed by atoms with Crippen molar-refractivity contribution in [1.82, 2.24) is 10.2 Å². The van der Waals surface area contributed by atoms with Crippen molar-refractivity contribution >= 4 is 44.6 Å². The van der Waals surface area contributed by atoms with Crippen molar-refractivity contribution in [2.45, 2.75) is 19.9 Å². The van der Waals surface area contributed by atoms with Crippen LogP contribution in [0.15, 0.2) is 105 Å². The number of hydrogen-bond donors (Lipinski definition) is 1. The smallest absolute Gasteiger partial charge is 0.174 e. The van der Waals surface area contributed by atoms with Crippen LogP contribution in [0.3, 0.4) is 0 Å². The van der Waals surface area contributed by atoms with Crippen LogP contribution in [0.25, 0.3) is 11.8 Å². The van der Waals surface area contributed by atoms with Crippen molar-refractivity contribution < 1.29 is 0 Å². The van der Waals surface area contributed by atoms with Gasteiger partial charge in [0.1, 0.15) is 0 Å². The highest BCUT2D eigenvalue weighted by molar-refractivity contribution is 9.10. The summed E-state index contributed by atoms with van der Waals surface area (Å²) in [4.78, 5) is 7.69. The average Bonchev–Trinajstić information content (AvgIpc) is 3.29. The normalized spacial score (nSPS) is 20.5. The van der Waals surface area contributed by atoms with Gasteiger partial charge in [-0.3, -0.25) is 0 Å². The number of nitrogens with one attached hydrogen (secondary N) is 1. The zero-order valence-corrected chi connectivity index (χ0v) is 22.2. The molecule has 0 amide bonds. The zero-order valence-electron chi connectivity index (χ0n) is 19.8. The number of aryl methyl sites for hydroxylation is 2. The minimum Gasteiger partial charge on any atom is -0.309 e. The summed E-state index contributed by atoms with van der Waals surface area (Å²) >= 11 is 5.30. The largest absolute Gasteiger partial charge is 0.309 e. The van der Waals surface area contributed by atoms with Gasteiger partial charge in [-0.2, -0.15) is 0 Å². The molecule has 3 heterocycles. The number of fused-ring (bicyclic) bond motifs is 1. The number of nitrogens with zero attached hydrogens (tertiary/aromatic N) is 2. The molecule has 1 atom stereocenters. The van der Waals surface area contributed by atoms with E-state index in [0.717, 1.165) is 28.4 Å². The van der Waals surface area contributed by atoms with Crippen molar-refractivity contribution in [3.8, 4) is 0 Å². The van der Waals surface area contributed by atoms with Gasteiger partial charge in [-0.05, 0) is 59.9 Å². The molecule has 3 nitrogen and oxygen atoms in total. The summed E-state index contributed by atoms with van der Waals surface area (Å²) in [5.74, 6) is 0. The summed E-state index contributed by atoms with van der Waals surface area (Å²) in [5.41, 5.74) is 11.2. The second-order valence-corrected chi connectivity index (χ2v) is 11.0. The van der Waals surface area contributed by atoms with Crippen molar-refractivity contribution in [2.75, 3.05) is 13.1 Å². The molecule has 0 radical (unpaired) electrons. The van der Waals surface area contributed by atoms with Gasteiger partial charge in [-0.1, -0.05) is 99.5 Å². The fourth-order valence-electron chi connectivity index (χ4n) is 4.89. The zero-order chi connectivity index (χ0) is 23.9. The van der Waals surface area contributed by atoms with Crippen LogP contribution in [0.1, 0.15) is 33.9 Å². The molecule has 5 heteroatoms. The molecule has 0 fully saturated rings. The van der Waals surface area contributed by atoms with Crippen LogP contribution < -0.4 is 5.32 Å². The van der Waals surface area contributed by atoms with Crippen LogP contribution in [0.4, 0.5) is 0 Å². The van der Waals surface area contributed by atoms with Crippen LogP contribution in [0.5, 0.6) is 0 Å². The molecule has 3 aromatic carbocycles. The maximum Gasteiger partial charge on any atom is 0.174 e. The monoisotopic (exact) mass is 539 g/mol.